The van der Waals surface area contributed by atoms with Crippen LogP contribution in [-0.4, -0.2) is 60.3 Å². The number of carbonyl (C=O) groups excluding carboxylic acids is 2. The summed E-state index contributed by atoms with van der Waals surface area (Å²) in [5, 5.41) is 22.6. The zero-order chi connectivity index (χ0) is 14.3. The molecule has 9 nitrogen and oxygen atoms in total. The van der Waals surface area contributed by atoms with Crippen LogP contribution in [0.4, 0.5) is 0 Å². The smallest absolute Gasteiger partial charge is 0.252 e. The van der Waals surface area contributed by atoms with Crippen LogP contribution < -0.4 is 10.6 Å². The van der Waals surface area contributed by atoms with Crippen molar-refractivity contribution in [2.45, 2.75) is 19.1 Å². The van der Waals surface area contributed by atoms with Crippen molar-refractivity contribution in [2.24, 2.45) is 0 Å². The second kappa shape index (κ2) is 7.62. The molecule has 0 bridgehead atoms. The van der Waals surface area contributed by atoms with Crippen LogP contribution in [0.15, 0.2) is 0 Å². The largest absolute Gasteiger partial charge is 0.380 e. The van der Waals surface area contributed by atoms with Crippen molar-refractivity contribution in [1.29, 1.82) is 0 Å². The van der Waals surface area contributed by atoms with Gasteiger partial charge in [0, 0.05) is 6.54 Å². The van der Waals surface area contributed by atoms with Crippen molar-refractivity contribution in [3.8, 4) is 0 Å². The summed E-state index contributed by atoms with van der Waals surface area (Å²) in [6.45, 7) is 1.79. The Hall–Kier alpha value is -0.770. The summed E-state index contributed by atoms with van der Waals surface area (Å²) >= 11 is 0. The van der Waals surface area contributed by atoms with Crippen molar-refractivity contribution >= 4 is 28.8 Å². The van der Waals surface area contributed by atoms with Crippen LogP contribution in [-0.2, 0) is 19.0 Å². The molecule has 0 rings (SSSR count). The molecule has 0 aliphatic rings. The van der Waals surface area contributed by atoms with Gasteiger partial charge in [-0.25, -0.2) is 4.21 Å². The van der Waals surface area contributed by atoms with Crippen LogP contribution in [0.2, 0.25) is 0 Å². The zero-order valence-corrected chi connectivity index (χ0v) is 11.1. The highest BCUT2D eigenvalue weighted by Gasteiger charge is 2.30. The van der Waals surface area contributed by atoms with Crippen LogP contribution >= 0.6 is 7.58 Å². The van der Waals surface area contributed by atoms with Gasteiger partial charge in [-0.15, -0.1) is 0 Å². The summed E-state index contributed by atoms with van der Waals surface area (Å²) in [7, 11) is -4.47. The summed E-state index contributed by atoms with van der Waals surface area (Å²) in [5.74, 6) is -2.94. The molecule has 0 spiro atoms. The fourth-order valence-electron chi connectivity index (χ4n) is 0.864. The van der Waals surface area contributed by atoms with Gasteiger partial charge in [-0.05, 0) is 6.92 Å². The number of hydrogen-bond donors (Lipinski definition) is 6. The average Bonchev–Trinajstić information content (AvgIpc) is 2.34. The van der Waals surface area contributed by atoms with E-state index in [2.05, 4.69) is 5.32 Å². The molecule has 0 aliphatic heterocycles. The summed E-state index contributed by atoms with van der Waals surface area (Å²) < 4.78 is 19.9. The second-order valence-electron chi connectivity index (χ2n) is 3.16. The van der Waals surface area contributed by atoms with Gasteiger partial charge in [0.05, 0.1) is 0 Å². The van der Waals surface area contributed by atoms with E-state index < -0.39 is 46.9 Å². The Labute approximate surface area is 105 Å². The molecule has 11 heteroatoms. The third kappa shape index (κ3) is 5.71. The molecule has 0 radical (unpaired) electrons. The van der Waals surface area contributed by atoms with Crippen molar-refractivity contribution < 1.29 is 33.5 Å². The van der Waals surface area contributed by atoms with Crippen LogP contribution in [0.25, 0.3) is 0 Å². The number of likely N-dealkylation sites (N-methyl/N-ethyl adjacent to an activating group) is 1. The van der Waals surface area contributed by atoms with E-state index >= 15 is 0 Å². The van der Waals surface area contributed by atoms with E-state index in [1.165, 1.54) is 0 Å². The summed E-state index contributed by atoms with van der Waals surface area (Å²) in [5.41, 5.74) is 0. The quantitative estimate of drug-likeness (QED) is 0.295. The van der Waals surface area contributed by atoms with E-state index in [4.69, 9.17) is 9.45 Å². The lowest BCUT2D eigenvalue weighted by atomic mass is 10.2. The van der Waals surface area contributed by atoms with Crippen molar-refractivity contribution in [3.05, 3.63) is 0 Å². The maximum atomic E-state index is 11.2. The van der Waals surface area contributed by atoms with Gasteiger partial charge in [-0.2, -0.15) is 0 Å². The highest BCUT2D eigenvalue weighted by Crippen LogP contribution is 2.01. The van der Waals surface area contributed by atoms with Gasteiger partial charge in [-0.1, -0.05) is 0 Å². The summed E-state index contributed by atoms with van der Waals surface area (Å²) in [6.07, 6.45) is -4.05. The minimum absolute atomic E-state index is 0.206. The van der Waals surface area contributed by atoms with Gasteiger partial charge in [0.2, 0.25) is 0 Å². The minimum Gasteiger partial charge on any atom is -0.380 e. The number of aliphatic hydroxyl groups excluding tert-OH is 2. The number of aliphatic hydroxyl groups is 2. The van der Waals surface area contributed by atoms with Gasteiger partial charge in [0.15, 0.2) is 12.2 Å². The molecule has 0 saturated carbocycles. The van der Waals surface area contributed by atoms with E-state index in [1.54, 1.807) is 6.92 Å². The van der Waals surface area contributed by atoms with E-state index in [0.29, 0.717) is 0 Å². The first kappa shape index (κ1) is 17.2. The number of hydrogen-bond acceptors (Lipinski definition) is 5. The van der Waals surface area contributed by atoms with E-state index in [0.717, 1.165) is 0 Å². The second-order valence-corrected chi connectivity index (χ2v) is 7.03. The van der Waals surface area contributed by atoms with E-state index in [1.807, 2.05) is 5.32 Å². The van der Waals surface area contributed by atoms with Gasteiger partial charge < -0.3 is 30.3 Å². The Balaban J connectivity index is 4.44. The topological polar surface area (TPSA) is 156 Å². The number of rotatable bonds is 6. The first-order chi connectivity index (χ1) is 8.25. The normalized spacial score (nSPS) is 17.6. The molecule has 0 aromatic carbocycles. The molecule has 0 aromatic rings. The maximum absolute atomic E-state index is 11.2. The van der Waals surface area contributed by atoms with E-state index in [-0.39, 0.29) is 6.54 Å². The molecule has 106 valence electrons. The third-order valence-electron chi connectivity index (χ3n) is 1.75. The fraction of sp³-hybridized carbons (Fsp3) is 0.714. The molecule has 2 amide bonds. The highest BCUT2D eigenvalue weighted by molar-refractivity contribution is 8.20. The van der Waals surface area contributed by atoms with Gasteiger partial charge in [0.1, 0.15) is 22.9 Å². The first-order valence-electron chi connectivity index (χ1n) is 4.77. The molecule has 0 heterocycles. The number of nitrogens with one attached hydrogen (secondary N) is 2. The van der Waals surface area contributed by atoms with Gasteiger partial charge in [-0.3, -0.25) is 9.59 Å². The third-order valence-corrected chi connectivity index (χ3v) is 3.68. The lowest BCUT2D eigenvalue weighted by Gasteiger charge is -2.16. The molecule has 0 aromatic heterocycles. The van der Waals surface area contributed by atoms with Crippen LogP contribution in [0.5, 0.6) is 0 Å². The predicted molar refractivity (Wildman–Crippen MR) is 63.6 cm³/mol. The molecule has 0 fully saturated rings. The molecule has 6 N–H and O–H groups in total. The van der Waals surface area contributed by atoms with Crippen LogP contribution in [0.1, 0.15) is 6.92 Å². The van der Waals surface area contributed by atoms with Gasteiger partial charge >= 0.3 is 0 Å². The summed E-state index contributed by atoms with van der Waals surface area (Å²) in [4.78, 5) is 30.8. The molecule has 3 unspecified atom stereocenters. The number of carbonyl (C=O) groups is 2. The summed E-state index contributed by atoms with van der Waals surface area (Å²) in [6, 6.07) is 0. The Morgan fingerprint density at radius 1 is 1.22 bits per heavy atom. The Kier molecular flexibility index (Phi) is 7.29. The Morgan fingerprint density at radius 3 is 2.06 bits per heavy atom. The molecular formula is C7H15N2O7PS. The van der Waals surface area contributed by atoms with Crippen LogP contribution in [0, 0.1) is 0 Å². The fourth-order valence-corrected chi connectivity index (χ4v) is 1.62. The van der Waals surface area contributed by atoms with Crippen molar-refractivity contribution in [2.75, 3.05) is 12.4 Å². The molecule has 0 aliphatic carbocycles. The Morgan fingerprint density at radius 2 is 1.67 bits per heavy atom. The lowest BCUT2D eigenvalue weighted by Crippen LogP contribution is -2.50. The van der Waals surface area contributed by atoms with Crippen LogP contribution in [0.3, 0.4) is 0 Å². The average molecular weight is 302 g/mol. The molecule has 0 saturated heterocycles. The maximum Gasteiger partial charge on any atom is 0.252 e. The minimum atomic E-state index is -3.65. The standard InChI is InChI=1S/C7H15N2O7PS/c1-2-8-6(12)4(10)5(11)7(13)9-3-18(15,16)17-14/h4-5,10-11,14H,2-3H2,1H3,(H,8,12)(H,9,13)(H,15,16). The predicted octanol–water partition coefficient (Wildman–Crippen LogP) is -2.56. The zero-order valence-electron chi connectivity index (χ0n) is 9.44. The molecular weight excluding hydrogens is 287 g/mol. The molecule has 18 heavy (non-hydrogen) atoms. The highest BCUT2D eigenvalue weighted by atomic mass is 32.5. The molecule has 3 atom stereocenters. The van der Waals surface area contributed by atoms with E-state index in [9.17, 15) is 24.0 Å². The SMILES string of the molecule is CCNC(=O)C(O)C(O)C(=O)NCS(=O)(O)=PO. The first-order valence-corrected chi connectivity index (χ1v) is 7.91. The van der Waals surface area contributed by atoms with Crippen molar-refractivity contribution in [3.63, 3.8) is 0 Å². The number of amides is 2. The van der Waals surface area contributed by atoms with Gasteiger partial charge in [0.25, 0.3) is 11.8 Å². The Bertz CT molecular complexity index is 420. The van der Waals surface area contributed by atoms with Crippen molar-refractivity contribution in [1.82, 2.24) is 10.6 Å². The lowest BCUT2D eigenvalue weighted by molar-refractivity contribution is -0.145. The monoisotopic (exact) mass is 302 g/mol.